The molecule has 0 bridgehead atoms. The van der Waals surface area contributed by atoms with Crippen molar-refractivity contribution in [3.05, 3.63) is 165 Å². The number of oxazole rings is 2. The predicted octanol–water partition coefficient (Wildman–Crippen LogP) is 13.2. The van der Waals surface area contributed by atoms with E-state index in [1.165, 1.54) is 58.0 Å². The van der Waals surface area contributed by atoms with Gasteiger partial charge in [-0.05, 0) is 105 Å². The lowest BCUT2D eigenvalue weighted by Crippen LogP contribution is -2.09. The summed E-state index contributed by atoms with van der Waals surface area (Å²) in [5.74, 6) is 3.93. The molecular formula is C48H46N6O2S2. The van der Waals surface area contributed by atoms with Crippen molar-refractivity contribution >= 4 is 44.3 Å². The van der Waals surface area contributed by atoms with Crippen LogP contribution in [0.15, 0.2) is 124 Å². The zero-order chi connectivity index (χ0) is 39.4. The van der Waals surface area contributed by atoms with E-state index in [1.54, 1.807) is 28.9 Å². The first kappa shape index (κ1) is 37.7. The van der Waals surface area contributed by atoms with Crippen LogP contribution in [0.3, 0.4) is 0 Å². The van der Waals surface area contributed by atoms with Gasteiger partial charge in [0.2, 0.25) is 0 Å². The highest BCUT2D eigenvalue weighted by Crippen LogP contribution is 2.42. The van der Waals surface area contributed by atoms with Crippen LogP contribution in [0.25, 0.3) is 22.6 Å². The molecule has 8 nitrogen and oxygen atoms in total. The number of anilines is 4. The molecule has 4 aromatic heterocycles. The summed E-state index contributed by atoms with van der Waals surface area (Å²) in [5, 5.41) is 8.92. The fourth-order valence-electron chi connectivity index (χ4n) is 8.04. The minimum absolute atomic E-state index is 0.409. The predicted molar refractivity (Wildman–Crippen MR) is 236 cm³/mol. The highest BCUT2D eigenvalue weighted by atomic mass is 32.1. The number of nitrogens with one attached hydrogen (secondary N) is 2. The van der Waals surface area contributed by atoms with Gasteiger partial charge in [-0.2, -0.15) is 0 Å². The number of thiazole rings is 2. The Kier molecular flexibility index (Phi) is 11.0. The fraction of sp³-hybridized carbons (Fsp3) is 0.250. The molecule has 10 heteroatoms. The number of aromatic nitrogens is 4. The zero-order valence-corrected chi connectivity index (χ0v) is 34.6. The third kappa shape index (κ3) is 8.26. The molecule has 0 spiro atoms. The van der Waals surface area contributed by atoms with E-state index in [0.29, 0.717) is 17.7 Å². The van der Waals surface area contributed by atoms with Gasteiger partial charge in [-0.25, -0.2) is 19.9 Å². The van der Waals surface area contributed by atoms with Crippen LogP contribution in [-0.2, 0) is 19.3 Å². The minimum Gasteiger partial charge on any atom is -0.441 e. The molecule has 2 N–H and O–H groups in total. The second-order valence-corrected chi connectivity index (χ2v) is 17.1. The quantitative estimate of drug-likeness (QED) is 0.149. The Balaban J connectivity index is 0.000000150. The van der Waals surface area contributed by atoms with E-state index in [-0.39, 0.29) is 0 Å². The zero-order valence-electron chi connectivity index (χ0n) is 33.0. The van der Waals surface area contributed by atoms with Gasteiger partial charge in [0, 0.05) is 57.4 Å². The summed E-state index contributed by atoms with van der Waals surface area (Å²) in [6, 6.07) is 38.0. The molecule has 2 aliphatic rings. The van der Waals surface area contributed by atoms with Crippen LogP contribution in [0.5, 0.6) is 0 Å². The first-order valence-corrected chi connectivity index (χ1v) is 21.8. The average molecular weight is 803 g/mol. The van der Waals surface area contributed by atoms with Crippen LogP contribution in [0, 0.1) is 13.8 Å². The molecule has 2 aliphatic carbocycles. The first-order chi connectivity index (χ1) is 28.5. The van der Waals surface area contributed by atoms with Crippen molar-refractivity contribution in [3.63, 3.8) is 0 Å². The van der Waals surface area contributed by atoms with Crippen LogP contribution in [0.2, 0.25) is 0 Å². The Morgan fingerprint density at radius 1 is 0.621 bits per heavy atom. The molecule has 292 valence electrons. The Labute approximate surface area is 347 Å². The standard InChI is InChI=1S/2C24H23N3OS/c1-15-23(28-16(2)25-15)18-11-13-19(14-12-18)26-24-27-22-20(9-6-10-21(22)29-24)17-7-4-3-5-8-17;1-2-22-25-15-20(28-22)17-11-13-18(14-12-17)26-24-27-23-19(9-6-10-21(23)29-24)16-7-4-3-5-8-16/h3-5,7-8,11-14,20H,6,9-10H2,1-2H3,(H,26,27);3-5,7-8,11-15,19H,2,6,9-10H2,1H3,(H,26,27). The molecule has 10 rings (SSSR count). The van der Waals surface area contributed by atoms with Gasteiger partial charge in [-0.15, -0.1) is 22.7 Å². The smallest absolute Gasteiger partial charge is 0.194 e. The molecule has 4 aromatic carbocycles. The molecule has 0 saturated heterocycles. The summed E-state index contributed by atoms with van der Waals surface area (Å²) in [7, 11) is 0. The fourth-order valence-corrected chi connectivity index (χ4v) is 10.2. The van der Waals surface area contributed by atoms with E-state index >= 15 is 0 Å². The summed E-state index contributed by atoms with van der Waals surface area (Å²) in [4.78, 5) is 21.4. The Morgan fingerprint density at radius 2 is 1.14 bits per heavy atom. The third-order valence-electron chi connectivity index (χ3n) is 10.9. The summed E-state index contributed by atoms with van der Waals surface area (Å²) in [5.41, 5.74) is 10.3. The Bertz CT molecular complexity index is 2590. The van der Waals surface area contributed by atoms with Gasteiger partial charge in [0.05, 0.1) is 23.3 Å². The molecule has 0 saturated carbocycles. The number of hydrogen-bond donors (Lipinski definition) is 2. The Hall–Kier alpha value is -5.84. The largest absolute Gasteiger partial charge is 0.441 e. The lowest BCUT2D eigenvalue weighted by Gasteiger charge is -2.21. The number of fused-ring (bicyclic) bond motifs is 2. The van der Waals surface area contributed by atoms with Crippen LogP contribution in [-0.4, -0.2) is 19.9 Å². The highest BCUT2D eigenvalue weighted by Gasteiger charge is 2.27. The summed E-state index contributed by atoms with van der Waals surface area (Å²) >= 11 is 3.57. The van der Waals surface area contributed by atoms with Gasteiger partial charge >= 0.3 is 0 Å². The normalized spacial score (nSPS) is 15.8. The number of hydrogen-bond acceptors (Lipinski definition) is 10. The van der Waals surface area contributed by atoms with E-state index in [9.17, 15) is 0 Å². The van der Waals surface area contributed by atoms with Crippen LogP contribution >= 0.6 is 22.7 Å². The van der Waals surface area contributed by atoms with Gasteiger partial charge in [-0.1, -0.05) is 67.6 Å². The van der Waals surface area contributed by atoms with Gasteiger partial charge in [0.1, 0.15) is 0 Å². The average Bonchev–Trinajstić information content (AvgIpc) is 4.08. The van der Waals surface area contributed by atoms with Gasteiger partial charge in [0.15, 0.2) is 33.6 Å². The van der Waals surface area contributed by atoms with Crippen LogP contribution < -0.4 is 10.6 Å². The molecule has 0 radical (unpaired) electrons. The summed E-state index contributed by atoms with van der Waals surface area (Å²) in [6.45, 7) is 5.89. The van der Waals surface area contributed by atoms with Crippen molar-refractivity contribution in [2.24, 2.45) is 0 Å². The maximum Gasteiger partial charge on any atom is 0.194 e. The minimum atomic E-state index is 0.409. The van der Waals surface area contributed by atoms with Crippen LogP contribution in [0.1, 0.15) is 94.2 Å². The van der Waals surface area contributed by atoms with Crippen LogP contribution in [0.4, 0.5) is 21.6 Å². The molecule has 2 unspecified atom stereocenters. The van der Waals surface area contributed by atoms with Gasteiger partial charge < -0.3 is 19.5 Å². The van der Waals surface area contributed by atoms with Crippen molar-refractivity contribution in [1.82, 2.24) is 19.9 Å². The van der Waals surface area contributed by atoms with E-state index < -0.39 is 0 Å². The first-order valence-electron chi connectivity index (χ1n) is 20.2. The van der Waals surface area contributed by atoms with Crippen molar-refractivity contribution in [1.29, 1.82) is 0 Å². The van der Waals surface area contributed by atoms with E-state index in [1.807, 2.05) is 20.8 Å². The van der Waals surface area contributed by atoms with E-state index in [0.717, 1.165) is 75.1 Å². The number of aryl methyl sites for hydroxylation is 5. The third-order valence-corrected chi connectivity index (χ3v) is 13.0. The van der Waals surface area contributed by atoms with Gasteiger partial charge in [-0.3, -0.25) is 0 Å². The lowest BCUT2D eigenvalue weighted by molar-refractivity contribution is 0.514. The second kappa shape index (κ2) is 16.9. The monoisotopic (exact) mass is 802 g/mol. The number of nitrogens with zero attached hydrogens (tertiary/aromatic N) is 4. The molecule has 0 aliphatic heterocycles. The lowest BCUT2D eigenvalue weighted by atomic mass is 9.85. The van der Waals surface area contributed by atoms with Crippen molar-refractivity contribution in [2.75, 3.05) is 10.6 Å². The van der Waals surface area contributed by atoms with Crippen molar-refractivity contribution in [2.45, 2.75) is 77.6 Å². The molecule has 0 fully saturated rings. The van der Waals surface area contributed by atoms with E-state index in [2.05, 4.69) is 130 Å². The summed E-state index contributed by atoms with van der Waals surface area (Å²) in [6.07, 6.45) is 9.64. The number of benzene rings is 4. The van der Waals surface area contributed by atoms with Crippen molar-refractivity contribution in [3.8, 4) is 22.6 Å². The maximum absolute atomic E-state index is 5.74. The summed E-state index contributed by atoms with van der Waals surface area (Å²) < 4.78 is 11.5. The number of rotatable bonds is 9. The Morgan fingerprint density at radius 3 is 1.60 bits per heavy atom. The van der Waals surface area contributed by atoms with Crippen molar-refractivity contribution < 1.29 is 8.83 Å². The molecular weight excluding hydrogens is 757 g/mol. The molecule has 4 heterocycles. The molecule has 58 heavy (non-hydrogen) atoms. The topological polar surface area (TPSA) is 102 Å². The van der Waals surface area contributed by atoms with Gasteiger partial charge in [0.25, 0.3) is 0 Å². The maximum atomic E-state index is 5.74. The highest BCUT2D eigenvalue weighted by molar-refractivity contribution is 7.16. The van der Waals surface area contributed by atoms with E-state index in [4.69, 9.17) is 18.8 Å². The second-order valence-electron chi connectivity index (χ2n) is 14.9. The molecule has 2 atom stereocenters. The molecule has 0 amide bonds. The SMILES string of the molecule is CCc1ncc(-c2ccc(Nc3nc4c(s3)CCCC4c3ccccc3)cc2)o1.Cc1nc(C)c(-c2ccc(Nc3nc4c(s3)CCCC4c3ccccc3)cc2)o1. The molecule has 8 aromatic rings.